The summed E-state index contributed by atoms with van der Waals surface area (Å²) in [5, 5.41) is 3.30. The molecule has 4 heteroatoms. The number of ether oxygens (including phenoxy) is 1. The van der Waals surface area contributed by atoms with E-state index >= 15 is 0 Å². The summed E-state index contributed by atoms with van der Waals surface area (Å²) in [6, 6.07) is 4.10. The van der Waals surface area contributed by atoms with E-state index in [4.69, 9.17) is 10.5 Å². The van der Waals surface area contributed by atoms with Crippen molar-refractivity contribution < 1.29 is 4.74 Å². The highest BCUT2D eigenvalue weighted by Crippen LogP contribution is 2.13. The molecule has 0 bridgehead atoms. The van der Waals surface area contributed by atoms with Crippen molar-refractivity contribution in [3.8, 4) is 5.75 Å². The third-order valence-electron chi connectivity index (χ3n) is 2.57. The molecule has 1 rings (SSSR count). The minimum atomic E-state index is 0.316. The van der Waals surface area contributed by atoms with Crippen LogP contribution in [0.15, 0.2) is 18.3 Å². The number of aromatic nitrogens is 1. The summed E-state index contributed by atoms with van der Waals surface area (Å²) in [6.45, 7) is 4.88. The van der Waals surface area contributed by atoms with Crippen LogP contribution in [-0.2, 0) is 0 Å². The number of hydrogen-bond acceptors (Lipinski definition) is 4. The standard InChI is InChI=1S/C11H19N3O/c1-8(6-12)9(2)14-11-5-4-10(15-3)7-13-11/h4-5,7-9H,6,12H2,1-3H3,(H,13,14). The predicted octanol–water partition coefficient (Wildman–Crippen LogP) is 1.49. The topological polar surface area (TPSA) is 60.2 Å². The highest BCUT2D eigenvalue weighted by Gasteiger charge is 2.10. The molecule has 0 fully saturated rings. The van der Waals surface area contributed by atoms with Crippen molar-refractivity contribution in [3.63, 3.8) is 0 Å². The summed E-state index contributed by atoms with van der Waals surface area (Å²) in [7, 11) is 1.63. The van der Waals surface area contributed by atoms with Crippen LogP contribution in [0.1, 0.15) is 13.8 Å². The third kappa shape index (κ3) is 3.40. The van der Waals surface area contributed by atoms with Crippen LogP contribution in [0.5, 0.6) is 5.75 Å². The fraction of sp³-hybridized carbons (Fsp3) is 0.545. The second kappa shape index (κ2) is 5.56. The molecule has 3 N–H and O–H groups in total. The molecular weight excluding hydrogens is 190 g/mol. The largest absolute Gasteiger partial charge is 0.495 e. The van der Waals surface area contributed by atoms with Gasteiger partial charge in [-0.3, -0.25) is 0 Å². The summed E-state index contributed by atoms with van der Waals surface area (Å²) in [6.07, 6.45) is 1.70. The first kappa shape index (κ1) is 11.8. The quantitative estimate of drug-likeness (QED) is 0.771. The van der Waals surface area contributed by atoms with Crippen molar-refractivity contribution in [2.24, 2.45) is 11.7 Å². The molecule has 0 aliphatic rings. The van der Waals surface area contributed by atoms with Gasteiger partial charge in [-0.1, -0.05) is 6.92 Å². The number of nitrogens with one attached hydrogen (secondary N) is 1. The number of hydrogen-bond donors (Lipinski definition) is 2. The first-order valence-electron chi connectivity index (χ1n) is 5.14. The van der Waals surface area contributed by atoms with Gasteiger partial charge in [0.25, 0.3) is 0 Å². The molecule has 1 aromatic heterocycles. The van der Waals surface area contributed by atoms with Crippen molar-refractivity contribution >= 4 is 5.82 Å². The number of nitrogens with two attached hydrogens (primary N) is 1. The summed E-state index contributed by atoms with van der Waals surface area (Å²) in [5.74, 6) is 2.04. The fourth-order valence-electron chi connectivity index (χ4n) is 1.17. The van der Waals surface area contributed by atoms with E-state index in [0.29, 0.717) is 18.5 Å². The number of anilines is 1. The zero-order valence-electron chi connectivity index (χ0n) is 9.53. The Balaban J connectivity index is 2.57. The summed E-state index contributed by atoms with van der Waals surface area (Å²) < 4.78 is 5.03. The van der Waals surface area contributed by atoms with Crippen LogP contribution in [0.25, 0.3) is 0 Å². The van der Waals surface area contributed by atoms with E-state index in [-0.39, 0.29) is 0 Å². The Morgan fingerprint density at radius 2 is 2.20 bits per heavy atom. The SMILES string of the molecule is COc1ccc(NC(C)C(C)CN)nc1. The third-order valence-corrected chi connectivity index (χ3v) is 2.57. The maximum Gasteiger partial charge on any atom is 0.137 e. The summed E-state index contributed by atoms with van der Waals surface area (Å²) >= 11 is 0. The monoisotopic (exact) mass is 209 g/mol. The maximum absolute atomic E-state index is 5.59. The van der Waals surface area contributed by atoms with Crippen LogP contribution in [0.2, 0.25) is 0 Å². The van der Waals surface area contributed by atoms with E-state index in [2.05, 4.69) is 24.1 Å². The minimum absolute atomic E-state index is 0.316. The first-order valence-corrected chi connectivity index (χ1v) is 5.14. The second-order valence-corrected chi connectivity index (χ2v) is 3.73. The van der Waals surface area contributed by atoms with Gasteiger partial charge < -0.3 is 15.8 Å². The van der Waals surface area contributed by atoms with Crippen LogP contribution in [0.3, 0.4) is 0 Å². The van der Waals surface area contributed by atoms with E-state index < -0.39 is 0 Å². The van der Waals surface area contributed by atoms with Gasteiger partial charge in [-0.2, -0.15) is 0 Å². The molecular formula is C11H19N3O. The molecule has 0 saturated carbocycles. The van der Waals surface area contributed by atoms with Crippen LogP contribution >= 0.6 is 0 Å². The van der Waals surface area contributed by atoms with E-state index in [0.717, 1.165) is 11.6 Å². The molecule has 0 aliphatic heterocycles. The lowest BCUT2D eigenvalue weighted by Gasteiger charge is -2.20. The number of rotatable bonds is 5. The van der Waals surface area contributed by atoms with Crippen molar-refractivity contribution in [2.75, 3.05) is 19.0 Å². The van der Waals surface area contributed by atoms with Gasteiger partial charge >= 0.3 is 0 Å². The fourth-order valence-corrected chi connectivity index (χ4v) is 1.17. The summed E-state index contributed by atoms with van der Waals surface area (Å²) in [4.78, 5) is 4.23. The van der Waals surface area contributed by atoms with E-state index in [1.165, 1.54) is 0 Å². The predicted molar refractivity (Wildman–Crippen MR) is 62.1 cm³/mol. The molecule has 0 aliphatic carbocycles. The van der Waals surface area contributed by atoms with Crippen LogP contribution in [-0.4, -0.2) is 24.7 Å². The maximum atomic E-state index is 5.59. The Bertz CT molecular complexity index is 286. The Morgan fingerprint density at radius 3 is 2.67 bits per heavy atom. The molecule has 84 valence electrons. The van der Waals surface area contributed by atoms with Crippen molar-refractivity contribution in [2.45, 2.75) is 19.9 Å². The normalized spacial score (nSPS) is 14.4. The summed E-state index contributed by atoms with van der Waals surface area (Å²) in [5.41, 5.74) is 5.59. The molecule has 0 amide bonds. The lowest BCUT2D eigenvalue weighted by molar-refractivity contribution is 0.413. The van der Waals surface area contributed by atoms with Gasteiger partial charge in [-0.05, 0) is 31.5 Å². The van der Waals surface area contributed by atoms with Crippen LogP contribution < -0.4 is 15.8 Å². The number of nitrogens with zero attached hydrogens (tertiary/aromatic N) is 1. The zero-order valence-corrected chi connectivity index (χ0v) is 9.53. The van der Waals surface area contributed by atoms with Gasteiger partial charge in [0.2, 0.25) is 0 Å². The molecule has 1 heterocycles. The number of methoxy groups -OCH3 is 1. The minimum Gasteiger partial charge on any atom is -0.495 e. The van der Waals surface area contributed by atoms with E-state index in [9.17, 15) is 0 Å². The van der Waals surface area contributed by atoms with E-state index in [1.807, 2.05) is 12.1 Å². The molecule has 0 aromatic carbocycles. The van der Waals surface area contributed by atoms with Crippen LogP contribution in [0.4, 0.5) is 5.82 Å². The van der Waals surface area contributed by atoms with Gasteiger partial charge in [-0.15, -0.1) is 0 Å². The molecule has 2 atom stereocenters. The first-order chi connectivity index (χ1) is 7.17. The lowest BCUT2D eigenvalue weighted by atomic mass is 10.0. The lowest BCUT2D eigenvalue weighted by Crippen LogP contribution is -2.29. The van der Waals surface area contributed by atoms with E-state index in [1.54, 1.807) is 13.3 Å². The molecule has 0 saturated heterocycles. The molecule has 15 heavy (non-hydrogen) atoms. The van der Waals surface area contributed by atoms with Gasteiger partial charge in [0.1, 0.15) is 11.6 Å². The molecule has 4 nitrogen and oxygen atoms in total. The highest BCUT2D eigenvalue weighted by molar-refractivity contribution is 5.38. The Morgan fingerprint density at radius 1 is 1.47 bits per heavy atom. The molecule has 0 spiro atoms. The highest BCUT2D eigenvalue weighted by atomic mass is 16.5. The van der Waals surface area contributed by atoms with Gasteiger partial charge in [-0.25, -0.2) is 4.98 Å². The van der Waals surface area contributed by atoms with Gasteiger partial charge in [0.15, 0.2) is 0 Å². The molecule has 2 unspecified atom stereocenters. The average Bonchev–Trinajstić information content (AvgIpc) is 2.29. The molecule has 0 radical (unpaired) electrons. The van der Waals surface area contributed by atoms with Gasteiger partial charge in [0.05, 0.1) is 13.3 Å². The van der Waals surface area contributed by atoms with Gasteiger partial charge in [0, 0.05) is 6.04 Å². The van der Waals surface area contributed by atoms with Crippen molar-refractivity contribution in [1.29, 1.82) is 0 Å². The average molecular weight is 209 g/mol. The zero-order chi connectivity index (χ0) is 11.3. The van der Waals surface area contributed by atoms with Crippen molar-refractivity contribution in [1.82, 2.24) is 4.98 Å². The molecule has 1 aromatic rings. The smallest absolute Gasteiger partial charge is 0.137 e. The van der Waals surface area contributed by atoms with Crippen LogP contribution in [0, 0.1) is 5.92 Å². The Kier molecular flexibility index (Phi) is 4.37. The Labute approximate surface area is 90.8 Å². The Hall–Kier alpha value is -1.29. The van der Waals surface area contributed by atoms with Crippen molar-refractivity contribution in [3.05, 3.63) is 18.3 Å². The second-order valence-electron chi connectivity index (χ2n) is 3.73. The number of pyridine rings is 1.